The van der Waals surface area contributed by atoms with Gasteiger partial charge in [-0.1, -0.05) is 6.07 Å². The number of nitro benzene ring substituents is 1. The molecule has 1 heterocycles. The summed E-state index contributed by atoms with van der Waals surface area (Å²) < 4.78 is 5.59. The summed E-state index contributed by atoms with van der Waals surface area (Å²) in [5, 5.41) is 23.1. The van der Waals surface area contributed by atoms with Gasteiger partial charge in [-0.3, -0.25) is 10.1 Å². The highest BCUT2D eigenvalue weighted by Gasteiger charge is 2.24. The maximum atomic E-state index is 11.1. The lowest BCUT2D eigenvalue weighted by molar-refractivity contribution is -0.384. The molecule has 2 rings (SSSR count). The van der Waals surface area contributed by atoms with E-state index in [1.807, 2.05) is 0 Å². The third kappa shape index (κ3) is 3.91. The van der Waals surface area contributed by atoms with Crippen LogP contribution in [0.1, 0.15) is 36.0 Å². The second-order valence-electron chi connectivity index (χ2n) is 4.97. The SMILES string of the molecule is O=C(O)c1cccc(NCCC2CCCCO2)c1[N+](=O)[O-]. The predicted octanol–water partition coefficient (Wildman–Crippen LogP) is 2.66. The van der Waals surface area contributed by atoms with Crippen molar-refractivity contribution in [1.29, 1.82) is 0 Å². The lowest BCUT2D eigenvalue weighted by Crippen LogP contribution is -2.22. The molecule has 1 aliphatic heterocycles. The number of anilines is 1. The third-order valence-electron chi connectivity index (χ3n) is 3.50. The van der Waals surface area contributed by atoms with Crippen LogP contribution < -0.4 is 5.32 Å². The number of aromatic carboxylic acids is 1. The van der Waals surface area contributed by atoms with Gasteiger partial charge in [-0.15, -0.1) is 0 Å². The maximum Gasteiger partial charge on any atom is 0.342 e. The van der Waals surface area contributed by atoms with Gasteiger partial charge in [0.15, 0.2) is 0 Å². The number of ether oxygens (including phenoxy) is 1. The van der Waals surface area contributed by atoms with Crippen LogP contribution in [0.15, 0.2) is 18.2 Å². The van der Waals surface area contributed by atoms with Crippen molar-refractivity contribution in [2.75, 3.05) is 18.5 Å². The molecule has 0 bridgehead atoms. The maximum absolute atomic E-state index is 11.1. The van der Waals surface area contributed by atoms with Crippen molar-refractivity contribution in [3.63, 3.8) is 0 Å². The molecule has 1 fully saturated rings. The van der Waals surface area contributed by atoms with Gasteiger partial charge in [0, 0.05) is 13.2 Å². The molecule has 1 aromatic rings. The standard InChI is InChI=1S/C14H18N2O5/c17-14(18)11-5-3-6-12(13(11)16(19)20)15-8-7-10-4-1-2-9-21-10/h3,5-6,10,15H,1-2,4,7-9H2,(H,17,18). The first-order chi connectivity index (χ1) is 10.1. The smallest absolute Gasteiger partial charge is 0.342 e. The Morgan fingerprint density at radius 3 is 2.90 bits per heavy atom. The molecule has 1 aromatic carbocycles. The minimum absolute atomic E-state index is 0.174. The number of nitrogens with zero attached hydrogens (tertiary/aromatic N) is 1. The van der Waals surface area contributed by atoms with Crippen LogP contribution >= 0.6 is 0 Å². The zero-order valence-corrected chi connectivity index (χ0v) is 11.6. The second kappa shape index (κ2) is 7.03. The highest BCUT2D eigenvalue weighted by atomic mass is 16.6. The van der Waals surface area contributed by atoms with Gasteiger partial charge in [0.05, 0.1) is 11.0 Å². The molecule has 0 saturated carbocycles. The quantitative estimate of drug-likeness (QED) is 0.617. The first kappa shape index (κ1) is 15.2. The molecule has 114 valence electrons. The number of nitro groups is 1. The molecule has 0 amide bonds. The van der Waals surface area contributed by atoms with Crippen molar-refractivity contribution in [2.24, 2.45) is 0 Å². The molecular weight excluding hydrogens is 276 g/mol. The summed E-state index contributed by atoms with van der Waals surface area (Å²) in [6.45, 7) is 1.27. The summed E-state index contributed by atoms with van der Waals surface area (Å²) >= 11 is 0. The summed E-state index contributed by atoms with van der Waals surface area (Å²) in [5.74, 6) is -1.30. The van der Waals surface area contributed by atoms with Crippen molar-refractivity contribution in [2.45, 2.75) is 31.8 Å². The number of carboxylic acids is 1. The molecule has 0 aliphatic carbocycles. The van der Waals surface area contributed by atoms with Crippen LogP contribution in [0, 0.1) is 10.1 Å². The topological polar surface area (TPSA) is 102 Å². The number of nitrogens with one attached hydrogen (secondary N) is 1. The predicted molar refractivity (Wildman–Crippen MR) is 76.8 cm³/mol. The summed E-state index contributed by atoms with van der Waals surface area (Å²) in [7, 11) is 0. The molecule has 1 unspecified atom stereocenters. The van der Waals surface area contributed by atoms with Crippen LogP contribution in [-0.4, -0.2) is 35.3 Å². The Morgan fingerprint density at radius 2 is 2.29 bits per heavy atom. The van der Waals surface area contributed by atoms with Crippen LogP contribution in [0.25, 0.3) is 0 Å². The van der Waals surface area contributed by atoms with Gasteiger partial charge in [-0.2, -0.15) is 0 Å². The van der Waals surface area contributed by atoms with Gasteiger partial charge in [-0.05, 0) is 37.8 Å². The molecule has 21 heavy (non-hydrogen) atoms. The molecule has 0 spiro atoms. The fourth-order valence-corrected chi connectivity index (χ4v) is 2.46. The third-order valence-corrected chi connectivity index (χ3v) is 3.50. The Balaban J connectivity index is 2.03. The van der Waals surface area contributed by atoms with Gasteiger partial charge in [0.2, 0.25) is 0 Å². The van der Waals surface area contributed by atoms with E-state index < -0.39 is 16.6 Å². The van der Waals surface area contributed by atoms with Gasteiger partial charge in [0.1, 0.15) is 11.3 Å². The minimum atomic E-state index is -1.30. The molecule has 7 heteroatoms. The van der Waals surface area contributed by atoms with Crippen LogP contribution in [0.5, 0.6) is 0 Å². The fourth-order valence-electron chi connectivity index (χ4n) is 2.46. The van der Waals surface area contributed by atoms with E-state index in [9.17, 15) is 14.9 Å². The van der Waals surface area contributed by atoms with Gasteiger partial charge < -0.3 is 15.2 Å². The molecule has 1 aliphatic rings. The van der Waals surface area contributed by atoms with Crippen molar-refractivity contribution < 1.29 is 19.6 Å². The number of carboxylic acid groups (broad SMARTS) is 1. The zero-order chi connectivity index (χ0) is 15.2. The number of carbonyl (C=O) groups is 1. The van der Waals surface area contributed by atoms with Gasteiger partial charge in [0.25, 0.3) is 0 Å². The minimum Gasteiger partial charge on any atom is -0.477 e. The first-order valence-electron chi connectivity index (χ1n) is 6.95. The van der Waals surface area contributed by atoms with Crippen LogP contribution in [0.4, 0.5) is 11.4 Å². The highest BCUT2D eigenvalue weighted by molar-refractivity contribution is 5.95. The van der Waals surface area contributed by atoms with Crippen LogP contribution in [0.3, 0.4) is 0 Å². The van der Waals surface area contributed by atoms with Gasteiger partial charge in [-0.25, -0.2) is 4.79 Å². The molecule has 2 N–H and O–H groups in total. The average molecular weight is 294 g/mol. The summed E-state index contributed by atoms with van der Waals surface area (Å²) in [5.41, 5.74) is -0.468. The molecule has 1 atom stereocenters. The van der Waals surface area contributed by atoms with E-state index in [0.717, 1.165) is 32.3 Å². The molecule has 1 saturated heterocycles. The van der Waals surface area contributed by atoms with Crippen molar-refractivity contribution >= 4 is 17.3 Å². The van der Waals surface area contributed by atoms with E-state index in [1.54, 1.807) is 0 Å². The van der Waals surface area contributed by atoms with E-state index in [2.05, 4.69) is 5.32 Å². The second-order valence-corrected chi connectivity index (χ2v) is 4.97. The number of hydrogen-bond donors (Lipinski definition) is 2. The summed E-state index contributed by atoms with van der Waals surface area (Å²) in [6, 6.07) is 4.25. The van der Waals surface area contributed by atoms with E-state index in [-0.39, 0.29) is 17.4 Å². The lowest BCUT2D eigenvalue weighted by atomic mass is 10.1. The number of benzene rings is 1. The Labute approximate surface area is 122 Å². The van der Waals surface area contributed by atoms with E-state index in [4.69, 9.17) is 9.84 Å². The largest absolute Gasteiger partial charge is 0.477 e. The fraction of sp³-hybridized carbons (Fsp3) is 0.500. The monoisotopic (exact) mass is 294 g/mol. The molecule has 0 radical (unpaired) electrons. The van der Waals surface area contributed by atoms with E-state index in [1.165, 1.54) is 18.2 Å². The Morgan fingerprint density at radius 1 is 1.48 bits per heavy atom. The molecular formula is C14H18N2O5. The van der Waals surface area contributed by atoms with Crippen molar-refractivity contribution in [3.05, 3.63) is 33.9 Å². The average Bonchev–Trinajstić information content (AvgIpc) is 2.47. The molecule has 0 aromatic heterocycles. The van der Waals surface area contributed by atoms with E-state index in [0.29, 0.717) is 6.54 Å². The Bertz CT molecular complexity index is 526. The highest BCUT2D eigenvalue weighted by Crippen LogP contribution is 2.28. The van der Waals surface area contributed by atoms with Crippen LogP contribution in [0.2, 0.25) is 0 Å². The van der Waals surface area contributed by atoms with Gasteiger partial charge >= 0.3 is 11.7 Å². The van der Waals surface area contributed by atoms with Crippen molar-refractivity contribution in [1.82, 2.24) is 0 Å². The number of para-hydroxylation sites is 1. The first-order valence-corrected chi connectivity index (χ1v) is 6.95. The summed E-state index contributed by atoms with van der Waals surface area (Å²) in [4.78, 5) is 21.5. The number of hydrogen-bond acceptors (Lipinski definition) is 5. The normalized spacial score (nSPS) is 18.2. The van der Waals surface area contributed by atoms with E-state index >= 15 is 0 Å². The Kier molecular flexibility index (Phi) is 5.10. The zero-order valence-electron chi connectivity index (χ0n) is 11.6. The Hall–Kier alpha value is -2.15. The lowest BCUT2D eigenvalue weighted by Gasteiger charge is -2.22. The number of rotatable bonds is 6. The summed E-state index contributed by atoms with van der Waals surface area (Å²) in [6.07, 6.45) is 4.14. The molecule has 7 nitrogen and oxygen atoms in total. The van der Waals surface area contributed by atoms with Crippen molar-refractivity contribution in [3.8, 4) is 0 Å². The van der Waals surface area contributed by atoms with Crippen LogP contribution in [-0.2, 0) is 4.74 Å².